The van der Waals surface area contributed by atoms with Gasteiger partial charge in [-0.15, -0.1) is 0 Å². The number of hydrogen-bond donors (Lipinski definition) is 4. The highest BCUT2D eigenvalue weighted by molar-refractivity contribution is 6.30. The van der Waals surface area contributed by atoms with Gasteiger partial charge in [0.2, 0.25) is 0 Å². The van der Waals surface area contributed by atoms with E-state index < -0.39 is 23.0 Å². The number of carbonyl (C=O) groups excluding carboxylic acids is 1. The highest BCUT2D eigenvalue weighted by Crippen LogP contribution is 2.21. The number of aromatic carboxylic acids is 1. The topological polar surface area (TPSA) is 137 Å². The Bertz CT molecular complexity index is 1430. The van der Waals surface area contributed by atoms with Crippen molar-refractivity contribution in [2.24, 2.45) is 0 Å². The number of anilines is 1. The lowest BCUT2D eigenvalue weighted by molar-refractivity contribution is 0.0698. The molecule has 4 rings (SSSR count). The fraction of sp³-hybridized carbons (Fsp3) is 0. The van der Waals surface area contributed by atoms with Gasteiger partial charge in [-0.25, -0.2) is 4.79 Å². The number of para-hydroxylation sites is 1. The number of H-pyrrole nitrogens is 2. The Morgan fingerprint density at radius 2 is 1.80 bits per heavy atom. The van der Waals surface area contributed by atoms with Gasteiger partial charge in [0.25, 0.3) is 17.0 Å². The lowest BCUT2D eigenvalue weighted by atomic mass is 10.1. The largest absolute Gasteiger partial charge is 0.478 e. The van der Waals surface area contributed by atoms with E-state index in [1.54, 1.807) is 30.3 Å². The van der Waals surface area contributed by atoms with Crippen LogP contribution in [0, 0.1) is 0 Å². The fourth-order valence-electron chi connectivity index (χ4n) is 3.05. The number of amides is 1. The Hall–Kier alpha value is -4.11. The molecule has 0 aliphatic rings. The third-order valence-electron chi connectivity index (χ3n) is 4.41. The predicted octanol–water partition coefficient (Wildman–Crippen LogP) is 2.59. The van der Waals surface area contributed by atoms with Crippen molar-refractivity contribution >= 4 is 34.8 Å². The molecule has 9 nitrogen and oxygen atoms in total. The zero-order valence-electron chi connectivity index (χ0n) is 15.1. The van der Waals surface area contributed by atoms with Crippen molar-refractivity contribution in [1.29, 1.82) is 0 Å². The Balaban J connectivity index is 1.84. The van der Waals surface area contributed by atoms with Crippen molar-refractivity contribution in [2.75, 3.05) is 5.32 Å². The summed E-state index contributed by atoms with van der Waals surface area (Å²) in [6, 6.07) is 13.7. The van der Waals surface area contributed by atoms with Gasteiger partial charge in [0.15, 0.2) is 5.65 Å². The number of fused-ring (bicyclic) bond motifs is 1. The lowest BCUT2D eigenvalue weighted by Gasteiger charge is -2.08. The average Bonchev–Trinajstić information content (AvgIpc) is 3.05. The van der Waals surface area contributed by atoms with Crippen LogP contribution in [0.1, 0.15) is 20.7 Å². The Morgan fingerprint density at radius 3 is 2.53 bits per heavy atom. The Labute approximate surface area is 172 Å². The summed E-state index contributed by atoms with van der Waals surface area (Å²) in [4.78, 5) is 52.0. The molecular weight excluding hydrogens is 412 g/mol. The second-order valence-corrected chi connectivity index (χ2v) is 6.77. The van der Waals surface area contributed by atoms with Gasteiger partial charge in [-0.1, -0.05) is 35.9 Å². The number of rotatable bonds is 4. The van der Waals surface area contributed by atoms with E-state index in [0.29, 0.717) is 16.3 Å². The first-order valence-corrected chi connectivity index (χ1v) is 9.00. The summed E-state index contributed by atoms with van der Waals surface area (Å²) in [6.07, 6.45) is 0. The molecule has 2 heterocycles. The lowest BCUT2D eigenvalue weighted by Crippen LogP contribution is -2.21. The second-order valence-electron chi connectivity index (χ2n) is 6.34. The smallest absolute Gasteiger partial charge is 0.337 e. The van der Waals surface area contributed by atoms with Crippen molar-refractivity contribution in [1.82, 2.24) is 14.6 Å². The maximum atomic E-state index is 12.8. The fourth-order valence-corrected chi connectivity index (χ4v) is 3.24. The van der Waals surface area contributed by atoms with Gasteiger partial charge in [0.05, 0.1) is 16.9 Å². The minimum atomic E-state index is -1.24. The molecule has 0 bridgehead atoms. The number of halogens is 1. The molecule has 0 saturated heterocycles. The molecule has 0 unspecified atom stereocenters. The van der Waals surface area contributed by atoms with E-state index in [1.807, 2.05) is 0 Å². The molecule has 1 amide bonds. The summed E-state index contributed by atoms with van der Waals surface area (Å²) in [5, 5.41) is 14.4. The van der Waals surface area contributed by atoms with E-state index in [-0.39, 0.29) is 22.5 Å². The van der Waals surface area contributed by atoms with E-state index in [2.05, 4.69) is 15.4 Å². The summed E-state index contributed by atoms with van der Waals surface area (Å²) < 4.78 is 0.911. The number of nitrogens with one attached hydrogen (secondary N) is 3. The zero-order valence-corrected chi connectivity index (χ0v) is 15.9. The summed E-state index contributed by atoms with van der Waals surface area (Å²) in [5.41, 5.74) is -0.998. The van der Waals surface area contributed by atoms with E-state index in [1.165, 1.54) is 24.3 Å². The summed E-state index contributed by atoms with van der Waals surface area (Å²) in [7, 11) is 0. The molecule has 0 spiro atoms. The van der Waals surface area contributed by atoms with Crippen LogP contribution in [0.25, 0.3) is 16.9 Å². The first-order valence-electron chi connectivity index (χ1n) is 8.63. The number of carboxylic acid groups (broad SMARTS) is 1. The van der Waals surface area contributed by atoms with Crippen molar-refractivity contribution in [2.45, 2.75) is 0 Å². The molecule has 0 fully saturated rings. The number of aromatic amines is 2. The van der Waals surface area contributed by atoms with Crippen LogP contribution < -0.4 is 16.4 Å². The molecule has 0 aliphatic heterocycles. The summed E-state index contributed by atoms with van der Waals surface area (Å²) >= 11 is 6.00. The van der Waals surface area contributed by atoms with Crippen molar-refractivity contribution in [3.05, 3.63) is 91.5 Å². The van der Waals surface area contributed by atoms with Crippen LogP contribution in [0.3, 0.4) is 0 Å². The molecule has 0 radical (unpaired) electrons. The normalized spacial score (nSPS) is 10.8. The average molecular weight is 425 g/mol. The molecule has 4 N–H and O–H groups in total. The van der Waals surface area contributed by atoms with Gasteiger partial charge < -0.3 is 15.4 Å². The van der Waals surface area contributed by atoms with Gasteiger partial charge in [0.1, 0.15) is 5.56 Å². The van der Waals surface area contributed by atoms with Gasteiger partial charge in [-0.2, -0.15) is 4.52 Å². The van der Waals surface area contributed by atoms with Gasteiger partial charge in [0, 0.05) is 11.1 Å². The number of nitrogens with zero attached hydrogens (tertiary/aromatic N) is 1. The van der Waals surface area contributed by atoms with E-state index in [4.69, 9.17) is 11.6 Å². The van der Waals surface area contributed by atoms with E-state index in [9.17, 15) is 24.3 Å². The third-order valence-corrected chi connectivity index (χ3v) is 4.65. The molecule has 0 aliphatic carbocycles. The molecule has 4 aromatic rings. The molecule has 0 saturated carbocycles. The van der Waals surface area contributed by atoms with Crippen LogP contribution >= 0.6 is 11.6 Å². The van der Waals surface area contributed by atoms with Crippen LogP contribution in [-0.4, -0.2) is 31.6 Å². The molecule has 30 heavy (non-hydrogen) atoms. The Morgan fingerprint density at radius 1 is 1.03 bits per heavy atom. The van der Waals surface area contributed by atoms with E-state index >= 15 is 0 Å². The molecule has 10 heteroatoms. The summed E-state index contributed by atoms with van der Waals surface area (Å²) in [6.45, 7) is 0. The summed E-state index contributed by atoms with van der Waals surface area (Å²) in [5.74, 6) is -2.11. The van der Waals surface area contributed by atoms with Crippen LogP contribution in [0.15, 0.2) is 64.2 Å². The molecule has 2 aromatic carbocycles. The number of benzene rings is 2. The first kappa shape index (κ1) is 19.2. The van der Waals surface area contributed by atoms with Gasteiger partial charge >= 0.3 is 5.97 Å². The molecular formula is C20H13ClN4O5. The van der Waals surface area contributed by atoms with E-state index in [0.717, 1.165) is 4.52 Å². The molecule has 0 atom stereocenters. The van der Waals surface area contributed by atoms with Crippen molar-refractivity contribution < 1.29 is 14.7 Å². The third kappa shape index (κ3) is 3.38. The van der Waals surface area contributed by atoms with Crippen molar-refractivity contribution in [3.8, 4) is 11.3 Å². The maximum absolute atomic E-state index is 12.8. The number of hydrogen-bond acceptors (Lipinski definition) is 4. The van der Waals surface area contributed by atoms with Crippen LogP contribution in [0.2, 0.25) is 5.02 Å². The van der Waals surface area contributed by atoms with Gasteiger partial charge in [-0.3, -0.25) is 19.5 Å². The predicted molar refractivity (Wildman–Crippen MR) is 110 cm³/mol. The van der Waals surface area contributed by atoms with Crippen LogP contribution in [-0.2, 0) is 0 Å². The number of carbonyl (C=O) groups is 2. The Kier molecular flexibility index (Phi) is 4.72. The monoisotopic (exact) mass is 424 g/mol. The minimum Gasteiger partial charge on any atom is -0.478 e. The standard InChI is InChI=1S/C20H13ClN4O5/c21-11-5-3-4-10(8-11)14-9-15(26)25-17(22-14)16(19(28)24-25)18(27)23-13-7-2-1-6-12(13)20(29)30/h1-9,22H,(H,23,27)(H,24,28)(H,29,30). The SMILES string of the molecule is O=C(O)c1ccccc1NC(=O)c1c(=O)[nH]n2c(=O)cc(-c3cccc(Cl)c3)[nH]c12. The van der Waals surface area contributed by atoms with Crippen molar-refractivity contribution in [3.63, 3.8) is 0 Å². The first-order chi connectivity index (χ1) is 14.3. The zero-order chi connectivity index (χ0) is 21.4. The van der Waals surface area contributed by atoms with Crippen LogP contribution in [0.4, 0.5) is 5.69 Å². The molecule has 150 valence electrons. The number of carboxylic acids is 1. The van der Waals surface area contributed by atoms with Crippen LogP contribution in [0.5, 0.6) is 0 Å². The molecule has 2 aromatic heterocycles. The highest BCUT2D eigenvalue weighted by Gasteiger charge is 2.22. The second kappa shape index (κ2) is 7.37. The maximum Gasteiger partial charge on any atom is 0.337 e. The minimum absolute atomic E-state index is 0.0158. The highest BCUT2D eigenvalue weighted by atomic mass is 35.5. The quantitative estimate of drug-likeness (QED) is 0.399. The number of aromatic nitrogens is 3. The van der Waals surface area contributed by atoms with Gasteiger partial charge in [-0.05, 0) is 29.8 Å².